The van der Waals surface area contributed by atoms with Gasteiger partial charge in [0.2, 0.25) is 0 Å². The molecule has 0 aromatic carbocycles. The standard InChI is InChI=1S/C14H22N4/c1-10(2)13-17-12-8-11(3)9-16-14(12)18(13)7-5-4-6-15/h8-10H,4-7,15H2,1-3H3. The average Bonchev–Trinajstić information content (AvgIpc) is 2.68. The molecular weight excluding hydrogens is 224 g/mol. The first-order valence-corrected chi connectivity index (χ1v) is 6.66. The van der Waals surface area contributed by atoms with Gasteiger partial charge in [0, 0.05) is 18.7 Å². The van der Waals surface area contributed by atoms with Gasteiger partial charge in [-0.15, -0.1) is 0 Å². The number of imidazole rings is 1. The van der Waals surface area contributed by atoms with Gasteiger partial charge in [-0.3, -0.25) is 0 Å². The Balaban J connectivity index is 2.42. The smallest absolute Gasteiger partial charge is 0.160 e. The minimum atomic E-state index is 0.414. The highest BCUT2D eigenvalue weighted by molar-refractivity contribution is 5.72. The molecule has 18 heavy (non-hydrogen) atoms. The molecule has 2 aromatic heterocycles. The van der Waals surface area contributed by atoms with Gasteiger partial charge in [-0.1, -0.05) is 13.8 Å². The number of hydrogen-bond donors (Lipinski definition) is 1. The fraction of sp³-hybridized carbons (Fsp3) is 0.571. The van der Waals surface area contributed by atoms with Crippen LogP contribution in [0.25, 0.3) is 11.2 Å². The van der Waals surface area contributed by atoms with Gasteiger partial charge in [0.05, 0.1) is 0 Å². The highest BCUT2D eigenvalue weighted by Crippen LogP contribution is 2.21. The summed E-state index contributed by atoms with van der Waals surface area (Å²) in [7, 11) is 0. The number of nitrogens with zero attached hydrogens (tertiary/aromatic N) is 3. The number of aryl methyl sites for hydroxylation is 2. The summed E-state index contributed by atoms with van der Waals surface area (Å²) in [6.07, 6.45) is 4.04. The van der Waals surface area contributed by atoms with Crippen molar-refractivity contribution in [3.05, 3.63) is 23.7 Å². The molecule has 2 rings (SSSR count). The van der Waals surface area contributed by atoms with Gasteiger partial charge in [0.15, 0.2) is 5.65 Å². The van der Waals surface area contributed by atoms with Gasteiger partial charge in [0.25, 0.3) is 0 Å². The lowest BCUT2D eigenvalue weighted by Gasteiger charge is -2.10. The van der Waals surface area contributed by atoms with E-state index >= 15 is 0 Å². The molecule has 0 aliphatic heterocycles. The predicted octanol–water partition coefficient (Wildman–Crippen LogP) is 2.60. The largest absolute Gasteiger partial charge is 0.330 e. The lowest BCUT2D eigenvalue weighted by Crippen LogP contribution is -2.08. The first-order valence-electron chi connectivity index (χ1n) is 6.66. The fourth-order valence-corrected chi connectivity index (χ4v) is 2.20. The summed E-state index contributed by atoms with van der Waals surface area (Å²) in [4.78, 5) is 9.25. The lowest BCUT2D eigenvalue weighted by molar-refractivity contribution is 0.582. The van der Waals surface area contributed by atoms with Crippen LogP contribution in [0, 0.1) is 6.92 Å². The van der Waals surface area contributed by atoms with E-state index in [-0.39, 0.29) is 0 Å². The molecule has 4 nitrogen and oxygen atoms in total. The molecular formula is C14H22N4. The highest BCUT2D eigenvalue weighted by Gasteiger charge is 2.14. The number of nitrogens with two attached hydrogens (primary N) is 1. The van der Waals surface area contributed by atoms with Crippen LogP contribution < -0.4 is 5.73 Å². The maximum absolute atomic E-state index is 5.56. The number of unbranched alkanes of at least 4 members (excludes halogenated alkanes) is 1. The zero-order valence-corrected chi connectivity index (χ0v) is 11.5. The predicted molar refractivity (Wildman–Crippen MR) is 74.6 cm³/mol. The number of aromatic nitrogens is 3. The van der Waals surface area contributed by atoms with Crippen LogP contribution in [0.15, 0.2) is 12.3 Å². The van der Waals surface area contributed by atoms with Crippen LogP contribution in [0.3, 0.4) is 0 Å². The SMILES string of the molecule is Cc1cnc2c(c1)nc(C(C)C)n2CCCCN. The van der Waals surface area contributed by atoms with Crippen molar-refractivity contribution in [1.82, 2.24) is 14.5 Å². The van der Waals surface area contributed by atoms with Gasteiger partial charge in [-0.25, -0.2) is 9.97 Å². The van der Waals surface area contributed by atoms with E-state index in [1.165, 1.54) is 0 Å². The summed E-state index contributed by atoms with van der Waals surface area (Å²) in [5.41, 5.74) is 8.72. The molecule has 98 valence electrons. The highest BCUT2D eigenvalue weighted by atomic mass is 15.1. The molecule has 0 saturated carbocycles. The first kappa shape index (κ1) is 13.0. The third-order valence-corrected chi connectivity index (χ3v) is 3.10. The second-order valence-electron chi connectivity index (χ2n) is 5.13. The van der Waals surface area contributed by atoms with Crippen molar-refractivity contribution in [3.63, 3.8) is 0 Å². The normalized spacial score (nSPS) is 11.6. The monoisotopic (exact) mass is 246 g/mol. The van der Waals surface area contributed by atoms with Gasteiger partial charge < -0.3 is 10.3 Å². The Morgan fingerprint density at radius 2 is 2.11 bits per heavy atom. The van der Waals surface area contributed by atoms with Crippen molar-refractivity contribution in [2.75, 3.05) is 6.54 Å². The molecule has 0 spiro atoms. The van der Waals surface area contributed by atoms with Crippen LogP contribution in [0.2, 0.25) is 0 Å². The summed E-state index contributed by atoms with van der Waals surface area (Å²) in [6.45, 7) is 8.10. The molecule has 0 atom stereocenters. The van der Waals surface area contributed by atoms with Gasteiger partial charge in [-0.2, -0.15) is 0 Å². The molecule has 0 saturated heterocycles. The van der Waals surface area contributed by atoms with E-state index in [0.717, 1.165) is 48.5 Å². The number of hydrogen-bond acceptors (Lipinski definition) is 3. The van der Waals surface area contributed by atoms with Crippen LogP contribution >= 0.6 is 0 Å². The molecule has 0 aliphatic carbocycles. The van der Waals surface area contributed by atoms with Crippen LogP contribution in [-0.4, -0.2) is 21.1 Å². The molecule has 0 amide bonds. The summed E-state index contributed by atoms with van der Waals surface area (Å²) in [6, 6.07) is 2.10. The average molecular weight is 246 g/mol. The Kier molecular flexibility index (Phi) is 3.97. The molecule has 2 heterocycles. The molecule has 4 heteroatoms. The summed E-state index contributed by atoms with van der Waals surface area (Å²) < 4.78 is 2.25. The Labute approximate surface area is 108 Å². The van der Waals surface area contributed by atoms with Crippen LogP contribution in [0.5, 0.6) is 0 Å². The number of pyridine rings is 1. The zero-order valence-electron chi connectivity index (χ0n) is 11.5. The Morgan fingerprint density at radius 1 is 1.33 bits per heavy atom. The van der Waals surface area contributed by atoms with Gasteiger partial charge in [-0.05, 0) is 37.9 Å². The molecule has 2 aromatic rings. The summed E-state index contributed by atoms with van der Waals surface area (Å²) >= 11 is 0. The summed E-state index contributed by atoms with van der Waals surface area (Å²) in [5.74, 6) is 1.54. The molecule has 0 bridgehead atoms. The Hall–Kier alpha value is -1.42. The van der Waals surface area contributed by atoms with E-state index in [0.29, 0.717) is 5.92 Å². The van der Waals surface area contributed by atoms with Crippen molar-refractivity contribution in [3.8, 4) is 0 Å². The fourth-order valence-electron chi connectivity index (χ4n) is 2.20. The minimum Gasteiger partial charge on any atom is -0.330 e. The maximum Gasteiger partial charge on any atom is 0.160 e. The number of fused-ring (bicyclic) bond motifs is 1. The van der Waals surface area contributed by atoms with Crippen molar-refractivity contribution in [2.45, 2.75) is 46.1 Å². The van der Waals surface area contributed by atoms with Gasteiger partial charge >= 0.3 is 0 Å². The third kappa shape index (κ3) is 2.53. The molecule has 0 fully saturated rings. The van der Waals surface area contributed by atoms with Crippen molar-refractivity contribution >= 4 is 11.2 Å². The maximum atomic E-state index is 5.56. The Bertz CT molecular complexity index is 528. The van der Waals surface area contributed by atoms with Gasteiger partial charge in [0.1, 0.15) is 11.3 Å². The molecule has 0 unspecified atom stereocenters. The van der Waals surface area contributed by atoms with Crippen LogP contribution in [0.1, 0.15) is 44.0 Å². The van der Waals surface area contributed by atoms with E-state index in [9.17, 15) is 0 Å². The van der Waals surface area contributed by atoms with Crippen LogP contribution in [-0.2, 0) is 6.54 Å². The molecule has 0 radical (unpaired) electrons. The second kappa shape index (κ2) is 5.48. The van der Waals surface area contributed by atoms with E-state index in [2.05, 4.69) is 36.4 Å². The first-order chi connectivity index (χ1) is 8.63. The van der Waals surface area contributed by atoms with Crippen LogP contribution in [0.4, 0.5) is 0 Å². The Morgan fingerprint density at radius 3 is 2.78 bits per heavy atom. The lowest BCUT2D eigenvalue weighted by atomic mass is 10.2. The summed E-state index contributed by atoms with van der Waals surface area (Å²) in [5, 5.41) is 0. The van der Waals surface area contributed by atoms with Crippen molar-refractivity contribution in [2.24, 2.45) is 5.73 Å². The topological polar surface area (TPSA) is 56.7 Å². The quantitative estimate of drug-likeness (QED) is 0.825. The van der Waals surface area contributed by atoms with E-state index in [4.69, 9.17) is 10.7 Å². The second-order valence-corrected chi connectivity index (χ2v) is 5.13. The minimum absolute atomic E-state index is 0.414. The number of rotatable bonds is 5. The molecule has 2 N–H and O–H groups in total. The van der Waals surface area contributed by atoms with E-state index in [1.807, 2.05) is 6.20 Å². The molecule has 0 aliphatic rings. The zero-order chi connectivity index (χ0) is 13.1. The van der Waals surface area contributed by atoms with Crippen molar-refractivity contribution < 1.29 is 0 Å². The van der Waals surface area contributed by atoms with E-state index in [1.54, 1.807) is 0 Å². The van der Waals surface area contributed by atoms with E-state index < -0.39 is 0 Å². The van der Waals surface area contributed by atoms with Crippen molar-refractivity contribution in [1.29, 1.82) is 0 Å². The third-order valence-electron chi connectivity index (χ3n) is 3.10.